The number of hydrogen-bond donors (Lipinski definition) is 2. The maximum Gasteiger partial charge on any atom is 0.140 e. The number of hydrogen-bond acceptors (Lipinski definition) is 4. The van der Waals surface area contributed by atoms with Crippen LogP contribution >= 0.6 is 15.9 Å². The molecule has 1 aromatic rings. The van der Waals surface area contributed by atoms with Crippen LogP contribution in [-0.2, 0) is 4.74 Å². The zero-order valence-corrected chi connectivity index (χ0v) is 11.6. The van der Waals surface area contributed by atoms with Gasteiger partial charge in [0.25, 0.3) is 0 Å². The summed E-state index contributed by atoms with van der Waals surface area (Å²) in [4.78, 5) is 4.30. The molecule has 2 rings (SSSR count). The second-order valence-corrected chi connectivity index (χ2v) is 5.29. The smallest absolute Gasteiger partial charge is 0.140 e. The molecule has 0 saturated carbocycles. The van der Waals surface area contributed by atoms with Gasteiger partial charge in [-0.1, -0.05) is 0 Å². The first-order valence-corrected chi connectivity index (χ1v) is 6.63. The van der Waals surface area contributed by atoms with E-state index >= 15 is 0 Å². The first kappa shape index (κ1) is 12.8. The van der Waals surface area contributed by atoms with Crippen LogP contribution in [0.15, 0.2) is 22.8 Å². The zero-order valence-electron chi connectivity index (χ0n) is 10.0. The molecule has 1 aliphatic heterocycles. The SMILES string of the molecule is COCC1(CNc2ncccc2Br)CCCN1. The Morgan fingerprint density at radius 1 is 1.65 bits per heavy atom. The van der Waals surface area contributed by atoms with Crippen LogP contribution in [0, 0.1) is 0 Å². The zero-order chi connectivity index (χ0) is 12.1. The molecular weight excluding hydrogens is 282 g/mol. The lowest BCUT2D eigenvalue weighted by molar-refractivity contribution is 0.127. The van der Waals surface area contributed by atoms with Crippen molar-refractivity contribution in [3.63, 3.8) is 0 Å². The molecule has 1 unspecified atom stereocenters. The van der Waals surface area contributed by atoms with Crippen LogP contribution in [0.2, 0.25) is 0 Å². The molecule has 0 aliphatic carbocycles. The van der Waals surface area contributed by atoms with E-state index in [2.05, 4.69) is 31.5 Å². The van der Waals surface area contributed by atoms with Crippen molar-refractivity contribution in [3.8, 4) is 0 Å². The molecule has 2 heterocycles. The van der Waals surface area contributed by atoms with Crippen molar-refractivity contribution in [1.82, 2.24) is 10.3 Å². The Labute approximate surface area is 110 Å². The monoisotopic (exact) mass is 299 g/mol. The highest BCUT2D eigenvalue weighted by molar-refractivity contribution is 9.10. The maximum absolute atomic E-state index is 5.31. The predicted octanol–water partition coefficient (Wildman–Crippen LogP) is 2.02. The highest BCUT2D eigenvalue weighted by Crippen LogP contribution is 2.23. The molecule has 94 valence electrons. The molecule has 5 heteroatoms. The van der Waals surface area contributed by atoms with E-state index in [4.69, 9.17) is 4.74 Å². The Morgan fingerprint density at radius 2 is 2.53 bits per heavy atom. The third-order valence-electron chi connectivity index (χ3n) is 3.11. The van der Waals surface area contributed by atoms with Crippen LogP contribution in [0.25, 0.3) is 0 Å². The number of nitrogens with zero attached hydrogens (tertiary/aromatic N) is 1. The van der Waals surface area contributed by atoms with E-state index in [1.807, 2.05) is 12.1 Å². The van der Waals surface area contributed by atoms with Crippen molar-refractivity contribution in [2.75, 3.05) is 32.1 Å². The lowest BCUT2D eigenvalue weighted by Gasteiger charge is -2.29. The van der Waals surface area contributed by atoms with Gasteiger partial charge < -0.3 is 15.4 Å². The summed E-state index contributed by atoms with van der Waals surface area (Å²) in [5.41, 5.74) is 0.0473. The van der Waals surface area contributed by atoms with Crippen molar-refractivity contribution in [1.29, 1.82) is 0 Å². The van der Waals surface area contributed by atoms with Gasteiger partial charge in [0.2, 0.25) is 0 Å². The molecular formula is C12H18BrN3O. The predicted molar refractivity (Wildman–Crippen MR) is 72.3 cm³/mol. The average Bonchev–Trinajstić information content (AvgIpc) is 2.78. The van der Waals surface area contributed by atoms with Gasteiger partial charge in [-0.15, -0.1) is 0 Å². The van der Waals surface area contributed by atoms with Crippen LogP contribution in [0.3, 0.4) is 0 Å². The quantitative estimate of drug-likeness (QED) is 0.873. The fraction of sp³-hybridized carbons (Fsp3) is 0.583. The van der Waals surface area contributed by atoms with Gasteiger partial charge in [0, 0.05) is 19.9 Å². The van der Waals surface area contributed by atoms with Gasteiger partial charge in [0.05, 0.1) is 16.6 Å². The number of methoxy groups -OCH3 is 1. The van der Waals surface area contributed by atoms with E-state index in [1.165, 1.54) is 6.42 Å². The molecule has 2 N–H and O–H groups in total. The van der Waals surface area contributed by atoms with Gasteiger partial charge in [-0.3, -0.25) is 0 Å². The maximum atomic E-state index is 5.31. The third kappa shape index (κ3) is 3.18. The van der Waals surface area contributed by atoms with Gasteiger partial charge in [-0.05, 0) is 47.4 Å². The lowest BCUT2D eigenvalue weighted by atomic mass is 9.99. The van der Waals surface area contributed by atoms with Crippen LogP contribution in [0.1, 0.15) is 12.8 Å². The number of ether oxygens (including phenoxy) is 1. The van der Waals surface area contributed by atoms with Crippen molar-refractivity contribution in [2.45, 2.75) is 18.4 Å². The molecule has 1 aliphatic rings. The summed E-state index contributed by atoms with van der Waals surface area (Å²) >= 11 is 3.49. The average molecular weight is 300 g/mol. The molecule has 4 nitrogen and oxygen atoms in total. The summed E-state index contributed by atoms with van der Waals surface area (Å²) in [6, 6.07) is 3.90. The summed E-state index contributed by atoms with van der Waals surface area (Å²) in [5, 5.41) is 6.91. The van der Waals surface area contributed by atoms with Crippen molar-refractivity contribution < 1.29 is 4.74 Å². The number of nitrogens with one attached hydrogen (secondary N) is 2. The van der Waals surface area contributed by atoms with Gasteiger partial charge in [-0.2, -0.15) is 0 Å². The lowest BCUT2D eigenvalue weighted by Crippen LogP contribution is -2.49. The number of aromatic nitrogens is 1. The van der Waals surface area contributed by atoms with E-state index in [0.717, 1.165) is 36.4 Å². The minimum Gasteiger partial charge on any atom is -0.383 e. The molecule has 1 aromatic heterocycles. The first-order valence-electron chi connectivity index (χ1n) is 5.84. The largest absolute Gasteiger partial charge is 0.383 e. The van der Waals surface area contributed by atoms with E-state index < -0.39 is 0 Å². The minimum absolute atomic E-state index is 0.0473. The summed E-state index contributed by atoms with van der Waals surface area (Å²) in [6.07, 6.45) is 4.13. The van der Waals surface area contributed by atoms with Crippen LogP contribution < -0.4 is 10.6 Å². The Kier molecular flexibility index (Phi) is 4.36. The highest BCUT2D eigenvalue weighted by Gasteiger charge is 2.33. The topological polar surface area (TPSA) is 46.2 Å². The summed E-state index contributed by atoms with van der Waals surface area (Å²) in [6.45, 7) is 2.62. The van der Waals surface area contributed by atoms with Crippen molar-refractivity contribution in [3.05, 3.63) is 22.8 Å². The van der Waals surface area contributed by atoms with Gasteiger partial charge >= 0.3 is 0 Å². The van der Waals surface area contributed by atoms with Crippen molar-refractivity contribution in [2.24, 2.45) is 0 Å². The number of pyridine rings is 1. The van der Waals surface area contributed by atoms with E-state index in [-0.39, 0.29) is 5.54 Å². The Balaban J connectivity index is 1.98. The number of rotatable bonds is 5. The normalized spacial score (nSPS) is 23.9. The molecule has 0 aromatic carbocycles. The fourth-order valence-electron chi connectivity index (χ4n) is 2.24. The molecule has 1 saturated heterocycles. The van der Waals surface area contributed by atoms with E-state index in [1.54, 1.807) is 13.3 Å². The van der Waals surface area contributed by atoms with Crippen molar-refractivity contribution >= 4 is 21.7 Å². The molecule has 0 amide bonds. The number of halogens is 1. The van der Waals surface area contributed by atoms with Crippen LogP contribution in [0.5, 0.6) is 0 Å². The second-order valence-electron chi connectivity index (χ2n) is 4.43. The molecule has 1 fully saturated rings. The minimum atomic E-state index is 0.0473. The molecule has 1 atom stereocenters. The first-order chi connectivity index (χ1) is 8.26. The standard InChI is InChI=1S/C12H18BrN3O/c1-17-9-12(5-3-7-16-12)8-15-11-10(13)4-2-6-14-11/h2,4,6,16H,3,5,7-9H2,1H3,(H,14,15). The van der Waals surface area contributed by atoms with Gasteiger partial charge in [0.1, 0.15) is 5.82 Å². The summed E-state index contributed by atoms with van der Waals surface area (Å²) < 4.78 is 6.30. The van der Waals surface area contributed by atoms with Crippen LogP contribution in [0.4, 0.5) is 5.82 Å². The molecule has 0 bridgehead atoms. The summed E-state index contributed by atoms with van der Waals surface area (Å²) in [5.74, 6) is 0.886. The molecule has 17 heavy (non-hydrogen) atoms. The van der Waals surface area contributed by atoms with E-state index in [9.17, 15) is 0 Å². The Bertz CT molecular complexity index is 367. The van der Waals surface area contributed by atoms with Gasteiger partial charge in [0.15, 0.2) is 0 Å². The fourth-order valence-corrected chi connectivity index (χ4v) is 2.63. The molecule has 0 spiro atoms. The Morgan fingerprint density at radius 3 is 3.18 bits per heavy atom. The number of anilines is 1. The van der Waals surface area contributed by atoms with Crippen LogP contribution in [-0.4, -0.2) is 37.3 Å². The second kappa shape index (κ2) is 5.80. The van der Waals surface area contributed by atoms with E-state index in [0.29, 0.717) is 0 Å². The highest BCUT2D eigenvalue weighted by atomic mass is 79.9. The Hall–Kier alpha value is -0.650. The van der Waals surface area contributed by atoms with Gasteiger partial charge in [-0.25, -0.2) is 4.98 Å². The third-order valence-corrected chi connectivity index (χ3v) is 3.75. The molecule has 0 radical (unpaired) electrons. The summed E-state index contributed by atoms with van der Waals surface area (Å²) in [7, 11) is 1.75.